The summed E-state index contributed by atoms with van der Waals surface area (Å²) < 4.78 is 0. The first-order valence-electron chi connectivity index (χ1n) is 5.38. The number of fused-ring (bicyclic) bond motifs is 1. The summed E-state index contributed by atoms with van der Waals surface area (Å²) in [6, 6.07) is 15.8. The lowest BCUT2D eigenvalue weighted by Gasteiger charge is -2.24. The molecule has 1 aliphatic heterocycles. The molecule has 0 saturated heterocycles. The van der Waals surface area contributed by atoms with Crippen molar-refractivity contribution >= 4 is 23.1 Å². The largest absolute Gasteiger partial charge is 0.399 e. The Morgan fingerprint density at radius 1 is 1.06 bits per heavy atom. The van der Waals surface area contributed by atoms with Crippen LogP contribution in [-0.4, -0.2) is 0 Å². The average Bonchev–Trinajstić information content (AvgIpc) is 2.66. The maximum Gasteiger partial charge on any atom is 0.165 e. The molecule has 3 nitrogen and oxygen atoms in total. The molecule has 0 fully saturated rings. The Labute approximate surface area is 104 Å². The Morgan fingerprint density at radius 3 is 2.65 bits per heavy atom. The van der Waals surface area contributed by atoms with Gasteiger partial charge in [-0.3, -0.25) is 5.73 Å². The Morgan fingerprint density at radius 2 is 1.88 bits per heavy atom. The highest BCUT2D eigenvalue weighted by Gasteiger charge is 2.35. The predicted octanol–water partition coefficient (Wildman–Crippen LogP) is 2.56. The van der Waals surface area contributed by atoms with Gasteiger partial charge in [0.25, 0.3) is 0 Å². The van der Waals surface area contributed by atoms with Crippen LogP contribution >= 0.6 is 11.8 Å². The zero-order valence-corrected chi connectivity index (χ0v) is 10.00. The molecule has 0 saturated carbocycles. The molecule has 4 heteroatoms. The molecule has 0 unspecified atom stereocenters. The van der Waals surface area contributed by atoms with Crippen molar-refractivity contribution < 1.29 is 0 Å². The van der Waals surface area contributed by atoms with E-state index in [-0.39, 0.29) is 0 Å². The normalized spacial score (nSPS) is 21.9. The Hall–Kier alpha value is -1.65. The van der Waals surface area contributed by atoms with E-state index in [1.54, 1.807) is 11.8 Å². The second kappa shape index (κ2) is 3.68. The SMILES string of the molecule is Nc1cccc([C@]2(N)Nc3ccccc3S2)c1. The smallest absolute Gasteiger partial charge is 0.165 e. The Bertz CT molecular complexity index is 543. The summed E-state index contributed by atoms with van der Waals surface area (Å²) in [6.45, 7) is 0. The van der Waals surface area contributed by atoms with Gasteiger partial charge in [-0.25, -0.2) is 0 Å². The number of hydrogen-bond acceptors (Lipinski definition) is 4. The summed E-state index contributed by atoms with van der Waals surface area (Å²) >= 11 is 1.61. The highest BCUT2D eigenvalue weighted by Crippen LogP contribution is 2.47. The van der Waals surface area contributed by atoms with Gasteiger partial charge >= 0.3 is 0 Å². The summed E-state index contributed by atoms with van der Waals surface area (Å²) in [5.41, 5.74) is 15.0. The molecule has 0 bridgehead atoms. The van der Waals surface area contributed by atoms with Gasteiger partial charge in [0.05, 0.1) is 5.69 Å². The zero-order valence-electron chi connectivity index (χ0n) is 9.18. The molecule has 2 aromatic rings. The minimum absolute atomic E-state index is 0.626. The summed E-state index contributed by atoms with van der Waals surface area (Å²) in [5.74, 6) is 0. The summed E-state index contributed by atoms with van der Waals surface area (Å²) in [5, 5.41) is 3.34. The lowest BCUT2D eigenvalue weighted by Crippen LogP contribution is -2.38. The first-order valence-corrected chi connectivity index (χ1v) is 6.20. The molecule has 1 heterocycles. The number of nitrogen functional groups attached to an aromatic ring is 1. The number of hydrogen-bond donors (Lipinski definition) is 3. The molecule has 0 aromatic heterocycles. The summed E-state index contributed by atoms with van der Waals surface area (Å²) in [7, 11) is 0. The van der Waals surface area contributed by atoms with Crippen LogP contribution in [0.3, 0.4) is 0 Å². The molecule has 0 aliphatic carbocycles. The minimum atomic E-state index is -0.626. The monoisotopic (exact) mass is 243 g/mol. The van der Waals surface area contributed by atoms with E-state index >= 15 is 0 Å². The first kappa shape index (κ1) is 10.5. The van der Waals surface area contributed by atoms with Crippen molar-refractivity contribution in [3.63, 3.8) is 0 Å². The molecule has 1 atom stereocenters. The molecule has 2 aromatic carbocycles. The van der Waals surface area contributed by atoms with Gasteiger partial charge in [-0.1, -0.05) is 36.0 Å². The van der Waals surface area contributed by atoms with Crippen LogP contribution in [0.15, 0.2) is 53.4 Å². The van der Waals surface area contributed by atoms with Gasteiger partial charge in [0.2, 0.25) is 0 Å². The second-order valence-electron chi connectivity index (χ2n) is 4.08. The summed E-state index contributed by atoms with van der Waals surface area (Å²) in [4.78, 5) is 0.538. The molecule has 17 heavy (non-hydrogen) atoms. The van der Waals surface area contributed by atoms with Crippen LogP contribution in [0.25, 0.3) is 0 Å². The number of anilines is 2. The van der Waals surface area contributed by atoms with Crippen molar-refractivity contribution in [1.82, 2.24) is 0 Å². The fraction of sp³-hybridized carbons (Fsp3) is 0.0769. The topological polar surface area (TPSA) is 64.1 Å². The van der Waals surface area contributed by atoms with Gasteiger partial charge in [0, 0.05) is 16.1 Å². The molecule has 3 rings (SSSR count). The Kier molecular flexibility index (Phi) is 2.28. The summed E-state index contributed by atoms with van der Waals surface area (Å²) in [6.07, 6.45) is 0. The van der Waals surface area contributed by atoms with Crippen LogP contribution < -0.4 is 16.8 Å². The van der Waals surface area contributed by atoms with Crippen molar-refractivity contribution in [1.29, 1.82) is 0 Å². The number of benzene rings is 2. The molecule has 5 N–H and O–H groups in total. The van der Waals surface area contributed by atoms with Crippen LogP contribution in [-0.2, 0) is 4.99 Å². The molecule has 86 valence electrons. The number of rotatable bonds is 1. The number of thioether (sulfide) groups is 1. The number of para-hydroxylation sites is 1. The van der Waals surface area contributed by atoms with Crippen LogP contribution in [0.5, 0.6) is 0 Å². The second-order valence-corrected chi connectivity index (χ2v) is 5.37. The fourth-order valence-electron chi connectivity index (χ4n) is 1.96. The van der Waals surface area contributed by atoms with E-state index in [4.69, 9.17) is 11.5 Å². The van der Waals surface area contributed by atoms with E-state index in [2.05, 4.69) is 11.4 Å². The van der Waals surface area contributed by atoms with Crippen molar-refractivity contribution in [3.05, 3.63) is 54.1 Å². The average molecular weight is 243 g/mol. The molecular formula is C13H13N3S. The van der Waals surface area contributed by atoms with Crippen molar-refractivity contribution in [2.45, 2.75) is 9.89 Å². The van der Waals surface area contributed by atoms with Gasteiger partial charge in [-0.05, 0) is 24.3 Å². The molecule has 0 radical (unpaired) electrons. The van der Waals surface area contributed by atoms with Crippen LogP contribution in [0, 0.1) is 0 Å². The third-order valence-electron chi connectivity index (χ3n) is 2.79. The van der Waals surface area contributed by atoms with Crippen LogP contribution in [0.4, 0.5) is 11.4 Å². The molecule has 0 spiro atoms. The van der Waals surface area contributed by atoms with E-state index in [0.29, 0.717) is 0 Å². The van der Waals surface area contributed by atoms with E-state index in [1.807, 2.05) is 42.5 Å². The maximum absolute atomic E-state index is 6.40. The lowest BCUT2D eigenvalue weighted by atomic mass is 10.1. The highest BCUT2D eigenvalue weighted by atomic mass is 32.2. The number of nitrogens with one attached hydrogen (secondary N) is 1. The predicted molar refractivity (Wildman–Crippen MR) is 72.6 cm³/mol. The standard InChI is InChI=1S/C13H13N3S/c14-10-5-3-4-9(8-10)13(15)16-11-6-1-2-7-12(11)17-13/h1-8,16H,14-15H2/t13-/m0/s1. The highest BCUT2D eigenvalue weighted by molar-refractivity contribution is 8.00. The fourth-order valence-corrected chi connectivity index (χ4v) is 3.09. The van der Waals surface area contributed by atoms with Gasteiger partial charge in [-0.2, -0.15) is 0 Å². The maximum atomic E-state index is 6.40. The van der Waals surface area contributed by atoms with E-state index < -0.39 is 4.99 Å². The molecule has 1 aliphatic rings. The minimum Gasteiger partial charge on any atom is -0.399 e. The quantitative estimate of drug-likeness (QED) is 0.673. The third kappa shape index (κ3) is 1.75. The van der Waals surface area contributed by atoms with E-state index in [1.165, 1.54) is 0 Å². The van der Waals surface area contributed by atoms with Crippen LogP contribution in [0.1, 0.15) is 5.56 Å². The number of nitrogens with two attached hydrogens (primary N) is 2. The zero-order chi connectivity index (χ0) is 11.9. The van der Waals surface area contributed by atoms with Gasteiger partial charge in [-0.15, -0.1) is 0 Å². The third-order valence-corrected chi connectivity index (χ3v) is 4.03. The van der Waals surface area contributed by atoms with E-state index in [9.17, 15) is 0 Å². The first-order chi connectivity index (χ1) is 8.17. The van der Waals surface area contributed by atoms with Crippen molar-refractivity contribution in [2.24, 2.45) is 5.73 Å². The van der Waals surface area contributed by atoms with E-state index in [0.717, 1.165) is 21.8 Å². The van der Waals surface area contributed by atoms with Gasteiger partial charge in [0.15, 0.2) is 4.99 Å². The van der Waals surface area contributed by atoms with Crippen molar-refractivity contribution in [3.8, 4) is 0 Å². The molecular weight excluding hydrogens is 230 g/mol. The molecule has 0 amide bonds. The lowest BCUT2D eigenvalue weighted by molar-refractivity contribution is 0.770. The van der Waals surface area contributed by atoms with Crippen LogP contribution in [0.2, 0.25) is 0 Å². The van der Waals surface area contributed by atoms with Gasteiger partial charge < -0.3 is 11.1 Å². The Balaban J connectivity index is 2.01. The van der Waals surface area contributed by atoms with Gasteiger partial charge in [0.1, 0.15) is 0 Å². The van der Waals surface area contributed by atoms with Crippen molar-refractivity contribution in [2.75, 3.05) is 11.1 Å².